The number of carbonyl (C=O) groups is 1. The molecule has 0 bridgehead atoms. The summed E-state index contributed by atoms with van der Waals surface area (Å²) < 4.78 is 5.10. The topological polar surface area (TPSA) is 84.2 Å². The summed E-state index contributed by atoms with van der Waals surface area (Å²) in [5.74, 6) is 1.28. The highest BCUT2D eigenvalue weighted by Gasteiger charge is 2.28. The molecule has 1 N–H and O–H groups in total. The van der Waals surface area contributed by atoms with Crippen molar-refractivity contribution in [1.82, 2.24) is 20.3 Å². The second-order valence-electron chi connectivity index (χ2n) is 5.31. The van der Waals surface area contributed by atoms with Crippen LogP contribution in [0.2, 0.25) is 0 Å². The average molecular weight is 307 g/mol. The smallest absolute Gasteiger partial charge is 0.323 e. The Bertz CT molecular complexity index is 642. The van der Waals surface area contributed by atoms with Crippen LogP contribution in [-0.2, 0) is 6.54 Å². The van der Waals surface area contributed by atoms with E-state index >= 15 is 0 Å². The summed E-state index contributed by atoms with van der Waals surface area (Å²) in [7, 11) is 1.73. The van der Waals surface area contributed by atoms with Gasteiger partial charge in [-0.3, -0.25) is 5.32 Å². The predicted molar refractivity (Wildman–Crippen MR) is 78.3 cm³/mol. The van der Waals surface area contributed by atoms with Gasteiger partial charge in [0.2, 0.25) is 5.13 Å². The Kier molecular flexibility index (Phi) is 3.62. The molecule has 112 valence electrons. The highest BCUT2D eigenvalue weighted by molar-refractivity contribution is 7.15. The van der Waals surface area contributed by atoms with Gasteiger partial charge < -0.3 is 9.42 Å². The molecular formula is C13H17N5O2S. The fourth-order valence-electron chi connectivity index (χ4n) is 2.00. The molecule has 7 nitrogen and oxygen atoms in total. The summed E-state index contributed by atoms with van der Waals surface area (Å²) in [4.78, 5) is 13.7. The van der Waals surface area contributed by atoms with Gasteiger partial charge in [0.05, 0.1) is 12.2 Å². The van der Waals surface area contributed by atoms with Crippen LogP contribution in [0.5, 0.6) is 0 Å². The van der Waals surface area contributed by atoms with E-state index in [2.05, 4.69) is 20.7 Å². The number of carbonyl (C=O) groups excluding carboxylic acids is 1. The monoisotopic (exact) mass is 307 g/mol. The second kappa shape index (κ2) is 5.44. The first kappa shape index (κ1) is 14.0. The number of nitrogens with zero attached hydrogens (tertiary/aromatic N) is 4. The van der Waals surface area contributed by atoms with E-state index in [1.54, 1.807) is 11.9 Å². The van der Waals surface area contributed by atoms with Gasteiger partial charge in [-0.15, -0.1) is 10.2 Å². The summed E-state index contributed by atoms with van der Waals surface area (Å²) in [6.07, 6.45) is 2.35. The highest BCUT2D eigenvalue weighted by atomic mass is 32.1. The molecule has 2 aromatic rings. The largest absolute Gasteiger partial charge is 0.361 e. The maximum Gasteiger partial charge on any atom is 0.323 e. The number of hydrogen-bond donors (Lipinski definition) is 1. The molecule has 8 heteroatoms. The first-order valence-corrected chi connectivity index (χ1v) is 7.63. The normalized spacial score (nSPS) is 14.2. The Morgan fingerprint density at radius 1 is 1.43 bits per heavy atom. The summed E-state index contributed by atoms with van der Waals surface area (Å²) in [6, 6.07) is -0.214. The quantitative estimate of drug-likeness (QED) is 0.938. The van der Waals surface area contributed by atoms with E-state index < -0.39 is 0 Å². The molecule has 3 rings (SSSR count). The van der Waals surface area contributed by atoms with Crippen LogP contribution in [0, 0.1) is 13.8 Å². The van der Waals surface area contributed by atoms with Crippen molar-refractivity contribution in [3.05, 3.63) is 22.0 Å². The van der Waals surface area contributed by atoms with Crippen LogP contribution in [0.3, 0.4) is 0 Å². The zero-order chi connectivity index (χ0) is 15.0. The number of rotatable bonds is 4. The van der Waals surface area contributed by atoms with Crippen molar-refractivity contribution in [1.29, 1.82) is 0 Å². The van der Waals surface area contributed by atoms with Crippen LogP contribution in [0.15, 0.2) is 4.52 Å². The van der Waals surface area contributed by atoms with Crippen LogP contribution >= 0.6 is 11.3 Å². The number of nitrogens with one attached hydrogen (secondary N) is 1. The fraction of sp³-hybridized carbons (Fsp3) is 0.538. The molecule has 0 spiro atoms. The van der Waals surface area contributed by atoms with Crippen LogP contribution in [0.1, 0.15) is 40.8 Å². The van der Waals surface area contributed by atoms with E-state index in [4.69, 9.17) is 4.52 Å². The lowest BCUT2D eigenvalue weighted by Gasteiger charge is -2.16. The molecule has 0 aliphatic heterocycles. The third-order valence-electron chi connectivity index (χ3n) is 3.50. The molecular weight excluding hydrogens is 290 g/mol. The lowest BCUT2D eigenvalue weighted by molar-refractivity contribution is 0.220. The molecule has 1 saturated carbocycles. The summed E-state index contributed by atoms with van der Waals surface area (Å²) in [5, 5.41) is 16.3. The molecule has 21 heavy (non-hydrogen) atoms. The van der Waals surface area contributed by atoms with Gasteiger partial charge in [-0.1, -0.05) is 16.5 Å². The van der Waals surface area contributed by atoms with E-state index in [0.717, 1.165) is 22.0 Å². The second-order valence-corrected chi connectivity index (χ2v) is 6.32. The third kappa shape index (κ3) is 3.05. The minimum atomic E-state index is -0.214. The molecule has 1 aliphatic carbocycles. The number of amides is 2. The third-order valence-corrected chi connectivity index (χ3v) is 4.51. The van der Waals surface area contributed by atoms with Crippen LogP contribution in [0.25, 0.3) is 0 Å². The molecule has 1 aliphatic rings. The first-order valence-electron chi connectivity index (χ1n) is 6.82. The number of aromatic nitrogens is 3. The summed E-state index contributed by atoms with van der Waals surface area (Å²) >= 11 is 1.45. The predicted octanol–water partition coefficient (Wildman–Crippen LogP) is 2.68. The van der Waals surface area contributed by atoms with Crippen molar-refractivity contribution in [2.24, 2.45) is 0 Å². The Morgan fingerprint density at radius 3 is 2.81 bits per heavy atom. The lowest BCUT2D eigenvalue weighted by Crippen LogP contribution is -2.31. The summed E-state index contributed by atoms with van der Waals surface area (Å²) in [6.45, 7) is 4.15. The van der Waals surface area contributed by atoms with Crippen LogP contribution < -0.4 is 5.32 Å². The van der Waals surface area contributed by atoms with Gasteiger partial charge in [-0.2, -0.15) is 0 Å². The molecule has 1 fully saturated rings. The Morgan fingerprint density at radius 2 is 2.19 bits per heavy atom. The van der Waals surface area contributed by atoms with Gasteiger partial charge in [0, 0.05) is 18.5 Å². The number of anilines is 1. The van der Waals surface area contributed by atoms with Crippen molar-refractivity contribution < 1.29 is 9.32 Å². The van der Waals surface area contributed by atoms with Gasteiger partial charge in [-0.05, 0) is 26.7 Å². The van der Waals surface area contributed by atoms with Crippen molar-refractivity contribution in [2.75, 3.05) is 12.4 Å². The number of aryl methyl sites for hydroxylation is 2. The van der Waals surface area contributed by atoms with Crippen molar-refractivity contribution in [3.8, 4) is 0 Å². The minimum absolute atomic E-state index is 0.214. The van der Waals surface area contributed by atoms with E-state index in [1.807, 2.05) is 13.8 Å². The first-order chi connectivity index (χ1) is 10.0. The SMILES string of the molecule is Cc1noc(C)c1CN(C)C(=O)Nc1nnc(C2CC2)s1. The van der Waals surface area contributed by atoms with Gasteiger partial charge in [-0.25, -0.2) is 4.79 Å². The zero-order valence-electron chi connectivity index (χ0n) is 12.2. The standard InChI is InChI=1S/C13H17N5O2S/c1-7-10(8(2)20-17-7)6-18(3)13(19)14-12-16-15-11(21-12)9-4-5-9/h9H,4-6H2,1-3H3,(H,14,16,19). The molecule has 2 heterocycles. The molecule has 2 aromatic heterocycles. The molecule has 0 saturated heterocycles. The fourth-order valence-corrected chi connectivity index (χ4v) is 2.91. The Labute approximate surface area is 126 Å². The minimum Gasteiger partial charge on any atom is -0.361 e. The highest BCUT2D eigenvalue weighted by Crippen LogP contribution is 2.42. The van der Waals surface area contributed by atoms with Crippen LogP contribution in [0.4, 0.5) is 9.93 Å². The van der Waals surface area contributed by atoms with Gasteiger partial charge in [0.1, 0.15) is 10.8 Å². The average Bonchev–Trinajstić information content (AvgIpc) is 3.14. The van der Waals surface area contributed by atoms with E-state index in [9.17, 15) is 4.79 Å². The van der Waals surface area contributed by atoms with E-state index in [-0.39, 0.29) is 6.03 Å². The summed E-state index contributed by atoms with van der Waals surface area (Å²) in [5.41, 5.74) is 1.74. The molecule has 0 aromatic carbocycles. The molecule has 0 radical (unpaired) electrons. The van der Waals surface area contributed by atoms with Crippen LogP contribution in [-0.4, -0.2) is 33.3 Å². The number of hydrogen-bond acceptors (Lipinski definition) is 6. The zero-order valence-corrected chi connectivity index (χ0v) is 13.0. The Balaban J connectivity index is 1.61. The van der Waals surface area contributed by atoms with Gasteiger partial charge in [0.25, 0.3) is 0 Å². The van der Waals surface area contributed by atoms with Gasteiger partial charge >= 0.3 is 6.03 Å². The maximum absolute atomic E-state index is 12.2. The van der Waals surface area contributed by atoms with Gasteiger partial charge in [0.15, 0.2) is 0 Å². The lowest BCUT2D eigenvalue weighted by atomic mass is 10.2. The van der Waals surface area contributed by atoms with Crippen molar-refractivity contribution in [2.45, 2.75) is 39.2 Å². The molecule has 0 atom stereocenters. The van der Waals surface area contributed by atoms with Crippen molar-refractivity contribution in [3.63, 3.8) is 0 Å². The number of urea groups is 1. The maximum atomic E-state index is 12.2. The Hall–Kier alpha value is -1.96. The van der Waals surface area contributed by atoms with E-state index in [1.165, 1.54) is 24.2 Å². The van der Waals surface area contributed by atoms with Crippen molar-refractivity contribution >= 4 is 22.5 Å². The molecule has 0 unspecified atom stereocenters. The molecule has 2 amide bonds. The van der Waals surface area contributed by atoms with E-state index in [0.29, 0.717) is 17.6 Å².